The number of nitrogens with one attached hydrogen (secondary N) is 2. The number of nitrogens with zero attached hydrogens (tertiary/aromatic N) is 6. The lowest BCUT2D eigenvalue weighted by Gasteiger charge is -2.19. The van der Waals surface area contributed by atoms with Crippen LogP contribution in [0.3, 0.4) is 0 Å². The van der Waals surface area contributed by atoms with Crippen LogP contribution in [0.15, 0.2) is 34.5 Å². The second-order valence-electron chi connectivity index (χ2n) is 7.08. The highest BCUT2D eigenvalue weighted by Crippen LogP contribution is 2.31. The number of carbonyl (C=O) groups excluding carboxylic acids is 2. The maximum atomic E-state index is 13.5. The number of aromatic nitrogens is 5. The minimum atomic E-state index is -3.10. The summed E-state index contributed by atoms with van der Waals surface area (Å²) in [6, 6.07) is 8.08. The molecule has 0 bridgehead atoms. The second kappa shape index (κ2) is 9.59. The second-order valence-corrected chi connectivity index (χ2v) is 9.08. The number of carbonyl (C=O) groups is 2. The van der Waals surface area contributed by atoms with Gasteiger partial charge < -0.3 is 10.2 Å². The summed E-state index contributed by atoms with van der Waals surface area (Å²) in [5.41, 5.74) is 0.967. The average molecular weight is 491 g/mol. The van der Waals surface area contributed by atoms with Crippen molar-refractivity contribution in [1.82, 2.24) is 35.8 Å². The van der Waals surface area contributed by atoms with Crippen molar-refractivity contribution in [1.29, 1.82) is 5.26 Å². The number of amides is 2. The number of H-pyrrole nitrogens is 1. The summed E-state index contributed by atoms with van der Waals surface area (Å²) >= 11 is 2.83. The van der Waals surface area contributed by atoms with E-state index in [2.05, 4.69) is 30.9 Å². The Balaban J connectivity index is 1.27. The Morgan fingerprint density at radius 3 is 2.85 bits per heavy atom. The molecule has 1 atom stereocenters. The Bertz CT molecular complexity index is 1180. The minimum Gasteiger partial charge on any atom is -0.342 e. The Hall–Kier alpha value is -3.44. The molecule has 1 aliphatic rings. The first-order chi connectivity index (χ1) is 15.8. The first-order valence-electron chi connectivity index (χ1n) is 9.61. The van der Waals surface area contributed by atoms with Crippen LogP contribution in [-0.2, 0) is 10.5 Å². The van der Waals surface area contributed by atoms with Crippen molar-refractivity contribution in [3.63, 3.8) is 0 Å². The van der Waals surface area contributed by atoms with Crippen LogP contribution in [0.25, 0.3) is 11.4 Å². The van der Waals surface area contributed by atoms with Gasteiger partial charge in [-0.3, -0.25) is 9.59 Å². The number of halogens is 2. The molecule has 2 aromatic heterocycles. The zero-order valence-corrected chi connectivity index (χ0v) is 18.5. The number of benzene rings is 1. The summed E-state index contributed by atoms with van der Waals surface area (Å²) in [4.78, 5) is 30.6. The Morgan fingerprint density at radius 2 is 2.15 bits per heavy atom. The van der Waals surface area contributed by atoms with Gasteiger partial charge in [0.05, 0.1) is 24.9 Å². The third-order valence-corrected chi connectivity index (χ3v) is 6.80. The van der Waals surface area contributed by atoms with Crippen LogP contribution in [0.1, 0.15) is 21.9 Å². The predicted molar refractivity (Wildman–Crippen MR) is 114 cm³/mol. The molecular weight excluding hydrogens is 474 g/mol. The maximum absolute atomic E-state index is 13.5. The molecule has 3 aromatic rings. The third-order valence-electron chi connectivity index (χ3n) is 4.74. The molecule has 3 heterocycles. The lowest BCUT2D eigenvalue weighted by atomic mass is 10.2. The highest BCUT2D eigenvalue weighted by Gasteiger charge is 2.47. The van der Waals surface area contributed by atoms with Gasteiger partial charge in [-0.2, -0.15) is 10.5 Å². The van der Waals surface area contributed by atoms with E-state index in [0.717, 1.165) is 15.4 Å². The van der Waals surface area contributed by atoms with Gasteiger partial charge >= 0.3 is 0 Å². The Kier molecular flexibility index (Phi) is 6.61. The van der Waals surface area contributed by atoms with Gasteiger partial charge in [0.1, 0.15) is 16.7 Å². The average Bonchev–Trinajstić information content (AvgIpc) is 3.56. The van der Waals surface area contributed by atoms with E-state index < -0.39 is 43.3 Å². The third kappa shape index (κ3) is 5.49. The summed E-state index contributed by atoms with van der Waals surface area (Å²) in [6.07, 6.45) is -0.698. The molecule has 4 rings (SSSR count). The summed E-state index contributed by atoms with van der Waals surface area (Å²) in [5.74, 6) is -3.38. The fourth-order valence-corrected chi connectivity index (χ4v) is 4.84. The zero-order valence-electron chi connectivity index (χ0n) is 16.9. The summed E-state index contributed by atoms with van der Waals surface area (Å²) in [6.45, 7) is -1.31. The number of thiazole rings is 1. The molecule has 0 saturated carbocycles. The molecule has 0 unspecified atom stereocenters. The first kappa shape index (κ1) is 22.7. The number of thioether (sulfide) groups is 1. The number of aromatic amines is 1. The molecule has 0 spiro atoms. The lowest BCUT2D eigenvalue weighted by Crippen LogP contribution is -2.43. The van der Waals surface area contributed by atoms with Crippen LogP contribution in [0.2, 0.25) is 0 Å². The van der Waals surface area contributed by atoms with Crippen molar-refractivity contribution in [3.8, 4) is 17.5 Å². The quantitative estimate of drug-likeness (QED) is 0.480. The van der Waals surface area contributed by atoms with Crippen molar-refractivity contribution in [3.05, 3.63) is 40.3 Å². The van der Waals surface area contributed by atoms with Gasteiger partial charge in [-0.15, -0.1) is 33.3 Å². The van der Waals surface area contributed by atoms with Gasteiger partial charge in [0.2, 0.25) is 11.7 Å². The van der Waals surface area contributed by atoms with E-state index in [1.54, 1.807) is 11.4 Å². The van der Waals surface area contributed by atoms with E-state index in [4.69, 9.17) is 5.26 Å². The monoisotopic (exact) mass is 490 g/mol. The first-order valence-corrected chi connectivity index (χ1v) is 11.5. The molecule has 1 aliphatic heterocycles. The smallest absolute Gasteiger partial charge is 0.271 e. The van der Waals surface area contributed by atoms with Crippen molar-refractivity contribution in [2.24, 2.45) is 0 Å². The highest BCUT2D eigenvalue weighted by atomic mass is 32.2. The number of likely N-dealkylation sites (tertiary alicyclic amines) is 1. The number of nitriles is 1. The van der Waals surface area contributed by atoms with Crippen molar-refractivity contribution < 1.29 is 18.4 Å². The zero-order chi connectivity index (χ0) is 23.4. The minimum absolute atomic E-state index is 0.138. The summed E-state index contributed by atoms with van der Waals surface area (Å²) < 4.78 is 27.0. The van der Waals surface area contributed by atoms with E-state index >= 15 is 0 Å². The van der Waals surface area contributed by atoms with Crippen LogP contribution < -0.4 is 5.32 Å². The summed E-state index contributed by atoms with van der Waals surface area (Å²) in [7, 11) is 0. The predicted octanol–water partition coefficient (Wildman–Crippen LogP) is 2.11. The van der Waals surface area contributed by atoms with Gasteiger partial charge in [-0.05, 0) is 29.5 Å². The highest BCUT2D eigenvalue weighted by molar-refractivity contribution is 7.98. The number of tetrazole rings is 1. The van der Waals surface area contributed by atoms with Gasteiger partial charge in [0, 0.05) is 22.3 Å². The van der Waals surface area contributed by atoms with Crippen LogP contribution in [0.5, 0.6) is 0 Å². The molecule has 170 valence electrons. The Labute approximate surface area is 194 Å². The van der Waals surface area contributed by atoms with Gasteiger partial charge in [-0.1, -0.05) is 0 Å². The molecule has 33 heavy (non-hydrogen) atoms. The van der Waals surface area contributed by atoms with Crippen molar-refractivity contribution in [2.75, 3.05) is 13.1 Å². The van der Waals surface area contributed by atoms with Crippen LogP contribution in [-0.4, -0.2) is 67.4 Å². The van der Waals surface area contributed by atoms with Gasteiger partial charge in [-0.25, -0.2) is 13.8 Å². The van der Waals surface area contributed by atoms with Crippen molar-refractivity contribution in [2.45, 2.75) is 29.0 Å². The standard InChI is InChI=1S/C19H16F2N8O2S2/c20-19(21)5-12(6-22)29(10-19)16(30)7-23-18(31)14-8-33-15(24-14)9-32-13-3-1-11(2-4-13)17-25-27-28-26-17/h1-4,8,12H,5,7,9-10H2,(H,23,31)(H,25,26,27,28)/t12-/m0/s1. The number of rotatable bonds is 7. The molecule has 14 heteroatoms. The molecule has 2 N–H and O–H groups in total. The number of hydrogen-bond donors (Lipinski definition) is 2. The van der Waals surface area contributed by atoms with Crippen molar-refractivity contribution >= 4 is 34.9 Å². The van der Waals surface area contributed by atoms with E-state index in [-0.39, 0.29) is 5.69 Å². The molecule has 2 amide bonds. The lowest BCUT2D eigenvalue weighted by molar-refractivity contribution is -0.131. The maximum Gasteiger partial charge on any atom is 0.271 e. The Morgan fingerprint density at radius 1 is 1.36 bits per heavy atom. The normalized spacial score (nSPS) is 17.0. The number of alkyl halides is 2. The topological polar surface area (TPSA) is 141 Å². The van der Waals surface area contributed by atoms with E-state index in [0.29, 0.717) is 16.6 Å². The van der Waals surface area contributed by atoms with E-state index in [1.165, 1.54) is 23.1 Å². The molecule has 0 aliphatic carbocycles. The van der Waals surface area contributed by atoms with Crippen LogP contribution in [0.4, 0.5) is 8.78 Å². The molecule has 1 fully saturated rings. The van der Waals surface area contributed by atoms with E-state index in [1.807, 2.05) is 24.3 Å². The van der Waals surface area contributed by atoms with Crippen LogP contribution >= 0.6 is 23.1 Å². The molecule has 10 nitrogen and oxygen atoms in total. The van der Waals surface area contributed by atoms with Gasteiger partial charge in [0.15, 0.2) is 0 Å². The largest absolute Gasteiger partial charge is 0.342 e. The van der Waals surface area contributed by atoms with Crippen LogP contribution in [0, 0.1) is 11.3 Å². The van der Waals surface area contributed by atoms with Gasteiger partial charge in [0.25, 0.3) is 11.8 Å². The number of hydrogen-bond acceptors (Lipinski definition) is 9. The molecule has 1 saturated heterocycles. The molecule has 0 radical (unpaired) electrons. The SMILES string of the molecule is N#C[C@@H]1CC(F)(F)CN1C(=O)CNC(=O)c1csc(CSc2ccc(-c3nn[nH]n3)cc2)n1. The summed E-state index contributed by atoms with van der Waals surface area (Å²) in [5, 5.41) is 27.4. The van der Waals surface area contributed by atoms with E-state index in [9.17, 15) is 18.4 Å². The fraction of sp³-hybridized carbons (Fsp3) is 0.316. The fourth-order valence-electron chi connectivity index (χ4n) is 3.15. The molecule has 1 aromatic carbocycles. The molecular formula is C19H16F2N8O2S2.